The lowest BCUT2D eigenvalue weighted by atomic mass is 9.61. The summed E-state index contributed by atoms with van der Waals surface area (Å²) in [5, 5.41) is 0. The fourth-order valence-electron chi connectivity index (χ4n) is 0.623. The van der Waals surface area contributed by atoms with Crippen LogP contribution in [0.4, 0.5) is 0 Å². The summed E-state index contributed by atoms with van der Waals surface area (Å²) >= 11 is 0. The van der Waals surface area contributed by atoms with Crippen molar-refractivity contribution in [3.8, 4) is 0 Å². The van der Waals surface area contributed by atoms with Crippen LogP contribution in [0, 0.1) is 0 Å². The van der Waals surface area contributed by atoms with E-state index in [1.807, 2.05) is 0 Å². The number of nitrogens with zero attached hydrogens (tertiary/aromatic N) is 1. The molecular formula is C6H16BN. The van der Waals surface area contributed by atoms with E-state index in [0.29, 0.717) is 0 Å². The molecule has 0 bridgehead atoms. The van der Waals surface area contributed by atoms with Crippen LogP contribution in [0.1, 0.15) is 13.8 Å². The molecule has 0 rings (SSSR count). The monoisotopic (exact) mass is 113 g/mol. The SMILES string of the molecule is CCB(C)N(C)CC. The zero-order valence-electron chi connectivity index (χ0n) is 6.44. The Kier molecular flexibility index (Phi) is 3.97. The molecule has 8 heavy (non-hydrogen) atoms. The normalized spacial score (nSPS) is 10.1. The first kappa shape index (κ1) is 8.02. The van der Waals surface area contributed by atoms with Gasteiger partial charge >= 0.3 is 0 Å². The molecule has 48 valence electrons. The van der Waals surface area contributed by atoms with Gasteiger partial charge in [-0.2, -0.15) is 0 Å². The Morgan fingerprint density at radius 3 is 2.00 bits per heavy atom. The zero-order valence-corrected chi connectivity index (χ0v) is 6.44. The van der Waals surface area contributed by atoms with Gasteiger partial charge in [-0.25, -0.2) is 0 Å². The highest BCUT2D eigenvalue weighted by Crippen LogP contribution is 1.94. The van der Waals surface area contributed by atoms with Crippen LogP contribution in [0.15, 0.2) is 0 Å². The molecule has 0 spiro atoms. The van der Waals surface area contributed by atoms with Gasteiger partial charge in [0.15, 0.2) is 0 Å². The van der Waals surface area contributed by atoms with Gasteiger partial charge in [-0.05, 0) is 13.6 Å². The molecule has 0 radical (unpaired) electrons. The van der Waals surface area contributed by atoms with E-state index in [0.717, 1.165) is 13.4 Å². The molecule has 0 aliphatic carbocycles. The standard InChI is InChI=1S/C6H16BN/c1-5-7(3)8(4)6-2/h5-6H2,1-4H3. The molecule has 0 saturated carbocycles. The third-order valence-corrected chi connectivity index (χ3v) is 1.84. The molecule has 0 unspecified atom stereocenters. The predicted octanol–water partition coefficient (Wildman–Crippen LogP) is 1.58. The average Bonchev–Trinajstić information content (AvgIpc) is 1.84. The molecular weight excluding hydrogens is 96.9 g/mol. The van der Waals surface area contributed by atoms with Crippen molar-refractivity contribution in [2.45, 2.75) is 27.0 Å². The van der Waals surface area contributed by atoms with Gasteiger partial charge in [-0.1, -0.05) is 27.0 Å². The van der Waals surface area contributed by atoms with Gasteiger partial charge in [-0.15, -0.1) is 0 Å². The summed E-state index contributed by atoms with van der Waals surface area (Å²) in [7, 11) is 2.16. The summed E-state index contributed by atoms with van der Waals surface area (Å²) in [6, 6.07) is 0. The van der Waals surface area contributed by atoms with Crippen LogP contribution < -0.4 is 0 Å². The first-order valence-electron chi connectivity index (χ1n) is 3.42. The van der Waals surface area contributed by atoms with Crippen molar-refractivity contribution in [1.29, 1.82) is 0 Å². The molecule has 0 aliphatic heterocycles. The molecule has 0 heterocycles. The van der Waals surface area contributed by atoms with Gasteiger partial charge in [0.25, 0.3) is 0 Å². The van der Waals surface area contributed by atoms with E-state index in [2.05, 4.69) is 32.5 Å². The lowest BCUT2D eigenvalue weighted by Crippen LogP contribution is -2.31. The van der Waals surface area contributed by atoms with Crippen LogP contribution in [-0.4, -0.2) is 25.3 Å². The molecule has 0 aromatic rings. The van der Waals surface area contributed by atoms with E-state index in [4.69, 9.17) is 0 Å². The molecule has 0 aromatic heterocycles. The maximum atomic E-state index is 2.35. The summed E-state index contributed by atoms with van der Waals surface area (Å²) in [4.78, 5) is 2.35. The van der Waals surface area contributed by atoms with Crippen LogP contribution >= 0.6 is 0 Å². The van der Waals surface area contributed by atoms with Crippen LogP contribution in [0.2, 0.25) is 13.1 Å². The van der Waals surface area contributed by atoms with Gasteiger partial charge in [-0.3, -0.25) is 0 Å². The minimum absolute atomic E-state index is 0.750. The van der Waals surface area contributed by atoms with E-state index in [9.17, 15) is 0 Å². The highest BCUT2D eigenvalue weighted by Gasteiger charge is 2.06. The Hall–Kier alpha value is 0.0249. The summed E-state index contributed by atoms with van der Waals surface area (Å²) in [5.41, 5.74) is 0. The maximum Gasteiger partial charge on any atom is 0.219 e. The van der Waals surface area contributed by atoms with Crippen molar-refractivity contribution in [3.05, 3.63) is 0 Å². The lowest BCUT2D eigenvalue weighted by Gasteiger charge is -2.17. The van der Waals surface area contributed by atoms with Crippen LogP contribution in [-0.2, 0) is 0 Å². The Morgan fingerprint density at radius 2 is 1.88 bits per heavy atom. The molecule has 2 heteroatoms. The third-order valence-electron chi connectivity index (χ3n) is 1.84. The third kappa shape index (κ3) is 2.36. The van der Waals surface area contributed by atoms with E-state index >= 15 is 0 Å². The van der Waals surface area contributed by atoms with Crippen molar-refractivity contribution >= 4 is 6.85 Å². The van der Waals surface area contributed by atoms with E-state index in [1.54, 1.807) is 0 Å². The highest BCUT2D eigenvalue weighted by atomic mass is 15.0. The molecule has 0 saturated heterocycles. The fraction of sp³-hybridized carbons (Fsp3) is 1.00. The Morgan fingerprint density at radius 1 is 1.38 bits per heavy atom. The average molecular weight is 113 g/mol. The second-order valence-electron chi connectivity index (χ2n) is 2.33. The second-order valence-corrected chi connectivity index (χ2v) is 2.33. The molecule has 0 N–H and O–H groups in total. The Bertz CT molecular complexity index is 48.5. The summed E-state index contributed by atoms with van der Waals surface area (Å²) in [6.07, 6.45) is 1.25. The van der Waals surface area contributed by atoms with Crippen LogP contribution in [0.5, 0.6) is 0 Å². The molecule has 0 atom stereocenters. The molecule has 0 aromatic carbocycles. The topological polar surface area (TPSA) is 3.24 Å². The zero-order chi connectivity index (χ0) is 6.57. The summed E-state index contributed by atoms with van der Waals surface area (Å²) in [6.45, 7) is 8.57. The number of hydrogen-bond acceptors (Lipinski definition) is 1. The van der Waals surface area contributed by atoms with Crippen molar-refractivity contribution < 1.29 is 0 Å². The van der Waals surface area contributed by atoms with Gasteiger partial charge in [0.05, 0.1) is 0 Å². The van der Waals surface area contributed by atoms with Crippen molar-refractivity contribution in [2.75, 3.05) is 13.6 Å². The van der Waals surface area contributed by atoms with Gasteiger partial charge in [0.1, 0.15) is 0 Å². The largest absolute Gasteiger partial charge is 0.345 e. The van der Waals surface area contributed by atoms with Crippen LogP contribution in [0.25, 0.3) is 0 Å². The lowest BCUT2D eigenvalue weighted by molar-refractivity contribution is 0.551. The van der Waals surface area contributed by atoms with Gasteiger partial charge in [0, 0.05) is 0 Å². The number of hydrogen-bond donors (Lipinski definition) is 0. The van der Waals surface area contributed by atoms with E-state index in [1.165, 1.54) is 6.32 Å². The Labute approximate surface area is 53.2 Å². The van der Waals surface area contributed by atoms with Crippen molar-refractivity contribution in [2.24, 2.45) is 0 Å². The van der Waals surface area contributed by atoms with Gasteiger partial charge in [0.2, 0.25) is 6.85 Å². The summed E-state index contributed by atoms with van der Waals surface area (Å²) < 4.78 is 0. The number of rotatable bonds is 3. The van der Waals surface area contributed by atoms with Crippen LogP contribution in [0.3, 0.4) is 0 Å². The molecule has 0 aliphatic rings. The minimum Gasteiger partial charge on any atom is -0.345 e. The van der Waals surface area contributed by atoms with Crippen molar-refractivity contribution in [3.63, 3.8) is 0 Å². The van der Waals surface area contributed by atoms with Crippen molar-refractivity contribution in [1.82, 2.24) is 4.81 Å². The Balaban J connectivity index is 3.29. The smallest absolute Gasteiger partial charge is 0.219 e. The second kappa shape index (κ2) is 3.96. The first-order chi connectivity index (χ1) is 3.72. The first-order valence-corrected chi connectivity index (χ1v) is 3.42. The molecule has 0 fully saturated rings. The molecule has 1 nitrogen and oxygen atoms in total. The van der Waals surface area contributed by atoms with E-state index in [-0.39, 0.29) is 0 Å². The maximum absolute atomic E-state index is 2.35. The molecule has 0 amide bonds. The van der Waals surface area contributed by atoms with Gasteiger partial charge < -0.3 is 4.81 Å². The highest BCUT2D eigenvalue weighted by molar-refractivity contribution is 6.53. The van der Waals surface area contributed by atoms with E-state index < -0.39 is 0 Å². The summed E-state index contributed by atoms with van der Waals surface area (Å²) in [5.74, 6) is 0. The predicted molar refractivity (Wildman–Crippen MR) is 40.4 cm³/mol. The quantitative estimate of drug-likeness (QED) is 0.502. The fourth-order valence-corrected chi connectivity index (χ4v) is 0.623. The minimum atomic E-state index is 0.750.